The molecule has 1 aromatic heterocycles. The van der Waals surface area contributed by atoms with Crippen molar-refractivity contribution in [2.24, 2.45) is 0 Å². The van der Waals surface area contributed by atoms with Crippen molar-refractivity contribution in [1.29, 1.82) is 0 Å². The van der Waals surface area contributed by atoms with Crippen molar-refractivity contribution in [3.05, 3.63) is 58.3 Å². The van der Waals surface area contributed by atoms with Gasteiger partial charge < -0.3 is 14.5 Å². The molecule has 0 spiro atoms. The molecule has 1 N–H and O–H groups in total. The van der Waals surface area contributed by atoms with Gasteiger partial charge in [-0.15, -0.1) is 0 Å². The predicted molar refractivity (Wildman–Crippen MR) is 109 cm³/mol. The fourth-order valence-corrected chi connectivity index (χ4v) is 3.75. The van der Waals surface area contributed by atoms with Gasteiger partial charge in [-0.3, -0.25) is 9.59 Å². The minimum absolute atomic E-state index is 0.00170. The van der Waals surface area contributed by atoms with E-state index in [1.54, 1.807) is 43.3 Å². The third kappa shape index (κ3) is 2.96. The summed E-state index contributed by atoms with van der Waals surface area (Å²) in [6, 6.07) is 10.4. The van der Waals surface area contributed by atoms with Crippen LogP contribution in [0.4, 0.5) is 5.69 Å². The number of nitrogens with one attached hydrogen (secondary N) is 1. The third-order valence-electron chi connectivity index (χ3n) is 5.30. The number of para-hydroxylation sites is 1. The van der Waals surface area contributed by atoms with E-state index >= 15 is 0 Å². The number of ether oxygens (including phenoxy) is 1. The van der Waals surface area contributed by atoms with Crippen molar-refractivity contribution >= 4 is 39.9 Å². The molecular weight excluding hydrogens is 378 g/mol. The number of fused-ring (bicyclic) bond motifs is 3. The fraction of sp³-hybridized carbons (Fsp3) is 0.273. The summed E-state index contributed by atoms with van der Waals surface area (Å²) in [5, 5.41) is 3.83. The number of carbonyl (C=O) groups excluding carboxylic acids is 2. The molecule has 0 saturated heterocycles. The SMILES string of the molecule is CC[C@@]1(C)CC(=O)c2c(ccc3oc(C(=O)Nc4ccccc4Cl)c(C)c23)O1. The summed E-state index contributed by atoms with van der Waals surface area (Å²) in [4.78, 5) is 25.7. The van der Waals surface area contributed by atoms with Crippen molar-refractivity contribution < 1.29 is 18.7 Å². The van der Waals surface area contributed by atoms with Gasteiger partial charge in [0.1, 0.15) is 16.9 Å². The van der Waals surface area contributed by atoms with E-state index in [9.17, 15) is 9.59 Å². The molecule has 0 bridgehead atoms. The number of amides is 1. The molecule has 3 aromatic rings. The van der Waals surface area contributed by atoms with Gasteiger partial charge in [0, 0.05) is 10.9 Å². The highest BCUT2D eigenvalue weighted by atomic mass is 35.5. The normalized spacial score (nSPS) is 18.6. The Kier molecular flexibility index (Phi) is 4.42. The van der Waals surface area contributed by atoms with Gasteiger partial charge in [-0.2, -0.15) is 0 Å². The average Bonchev–Trinajstić information content (AvgIpc) is 3.00. The molecule has 0 unspecified atom stereocenters. The molecule has 0 aliphatic carbocycles. The van der Waals surface area contributed by atoms with Crippen molar-refractivity contribution in [2.75, 3.05) is 5.32 Å². The number of furan rings is 1. The van der Waals surface area contributed by atoms with E-state index in [0.717, 1.165) is 6.42 Å². The second-order valence-corrected chi connectivity index (χ2v) is 7.71. The second kappa shape index (κ2) is 6.67. The number of halogens is 1. The van der Waals surface area contributed by atoms with Gasteiger partial charge in [0.2, 0.25) is 0 Å². The maximum absolute atomic E-state index is 12.9. The van der Waals surface area contributed by atoms with Crippen LogP contribution < -0.4 is 10.1 Å². The first-order chi connectivity index (χ1) is 13.3. The molecule has 144 valence electrons. The molecule has 2 aromatic carbocycles. The topological polar surface area (TPSA) is 68.5 Å². The van der Waals surface area contributed by atoms with Crippen LogP contribution in [0.1, 0.15) is 53.2 Å². The maximum Gasteiger partial charge on any atom is 0.291 e. The molecule has 2 heterocycles. The molecule has 5 nitrogen and oxygen atoms in total. The van der Waals surface area contributed by atoms with Crippen LogP contribution in [-0.4, -0.2) is 17.3 Å². The van der Waals surface area contributed by atoms with Crippen LogP contribution in [0.15, 0.2) is 40.8 Å². The predicted octanol–water partition coefficient (Wildman–Crippen LogP) is 5.78. The Hall–Kier alpha value is -2.79. The number of anilines is 1. The van der Waals surface area contributed by atoms with Gasteiger partial charge in [-0.05, 0) is 44.5 Å². The Bertz CT molecular complexity index is 1120. The van der Waals surface area contributed by atoms with E-state index in [2.05, 4.69) is 5.32 Å². The van der Waals surface area contributed by atoms with E-state index in [1.807, 2.05) is 13.8 Å². The number of benzene rings is 2. The highest BCUT2D eigenvalue weighted by molar-refractivity contribution is 6.34. The van der Waals surface area contributed by atoms with Crippen LogP contribution in [0.2, 0.25) is 5.02 Å². The summed E-state index contributed by atoms with van der Waals surface area (Å²) in [6.45, 7) is 5.70. The summed E-state index contributed by atoms with van der Waals surface area (Å²) in [6.07, 6.45) is 1.02. The first-order valence-corrected chi connectivity index (χ1v) is 9.55. The number of ketones is 1. The minimum atomic E-state index is -0.514. The van der Waals surface area contributed by atoms with E-state index in [0.29, 0.717) is 45.0 Å². The van der Waals surface area contributed by atoms with Crippen molar-refractivity contribution in [1.82, 2.24) is 0 Å². The number of aryl methyl sites for hydroxylation is 1. The molecule has 1 amide bonds. The molecule has 0 fully saturated rings. The van der Waals surface area contributed by atoms with Crippen LogP contribution in [0.5, 0.6) is 5.75 Å². The Morgan fingerprint density at radius 2 is 2.00 bits per heavy atom. The summed E-state index contributed by atoms with van der Waals surface area (Å²) in [5.74, 6) is 0.270. The molecule has 4 rings (SSSR count). The zero-order valence-electron chi connectivity index (χ0n) is 15.9. The zero-order valence-corrected chi connectivity index (χ0v) is 16.6. The molecular formula is C22H20ClNO4. The van der Waals surface area contributed by atoms with Crippen molar-refractivity contribution in [3.8, 4) is 5.75 Å². The van der Waals surface area contributed by atoms with Crippen LogP contribution in [-0.2, 0) is 0 Å². The molecule has 1 atom stereocenters. The van der Waals surface area contributed by atoms with E-state index in [-0.39, 0.29) is 11.5 Å². The van der Waals surface area contributed by atoms with E-state index in [1.165, 1.54) is 0 Å². The monoisotopic (exact) mass is 397 g/mol. The van der Waals surface area contributed by atoms with Gasteiger partial charge in [0.15, 0.2) is 11.5 Å². The van der Waals surface area contributed by atoms with Crippen LogP contribution >= 0.6 is 11.6 Å². The Morgan fingerprint density at radius 1 is 1.25 bits per heavy atom. The lowest BCUT2D eigenvalue weighted by Gasteiger charge is -2.34. The lowest BCUT2D eigenvalue weighted by Crippen LogP contribution is -2.38. The average molecular weight is 398 g/mol. The standard InChI is InChI=1S/C22H20ClNO4/c1-4-22(3)11-15(25)19-17(28-22)10-9-16-18(19)12(2)20(27-16)21(26)24-14-8-6-5-7-13(14)23/h5-10H,4,11H2,1-3H3,(H,24,26)/t22-/m0/s1. The smallest absolute Gasteiger partial charge is 0.291 e. The van der Waals surface area contributed by atoms with E-state index < -0.39 is 11.5 Å². The van der Waals surface area contributed by atoms with Crippen molar-refractivity contribution in [2.45, 2.75) is 39.2 Å². The minimum Gasteiger partial charge on any atom is -0.486 e. The van der Waals surface area contributed by atoms with Gasteiger partial charge in [-0.1, -0.05) is 30.7 Å². The first-order valence-electron chi connectivity index (χ1n) is 9.17. The fourth-order valence-electron chi connectivity index (χ4n) is 3.57. The molecule has 0 radical (unpaired) electrons. The molecule has 0 saturated carbocycles. The lowest BCUT2D eigenvalue weighted by atomic mass is 9.87. The van der Waals surface area contributed by atoms with Gasteiger partial charge in [0.05, 0.1) is 22.7 Å². The largest absolute Gasteiger partial charge is 0.486 e. The highest BCUT2D eigenvalue weighted by Crippen LogP contribution is 2.41. The molecule has 1 aliphatic heterocycles. The van der Waals surface area contributed by atoms with Gasteiger partial charge in [0.25, 0.3) is 5.91 Å². The van der Waals surface area contributed by atoms with Gasteiger partial charge >= 0.3 is 0 Å². The summed E-state index contributed by atoms with van der Waals surface area (Å²) >= 11 is 6.12. The summed E-state index contributed by atoms with van der Waals surface area (Å²) < 4.78 is 11.9. The Labute approximate surface area is 167 Å². The number of carbonyl (C=O) groups is 2. The molecule has 6 heteroatoms. The molecule has 1 aliphatic rings. The van der Waals surface area contributed by atoms with Crippen molar-refractivity contribution in [3.63, 3.8) is 0 Å². The highest BCUT2D eigenvalue weighted by Gasteiger charge is 2.37. The summed E-state index contributed by atoms with van der Waals surface area (Å²) in [7, 11) is 0. The number of Topliss-reactive ketones (excluding diaryl/α,β-unsaturated/α-hetero) is 1. The number of hydrogen-bond donors (Lipinski definition) is 1. The Morgan fingerprint density at radius 3 is 2.71 bits per heavy atom. The van der Waals surface area contributed by atoms with Crippen LogP contribution in [0.25, 0.3) is 11.0 Å². The second-order valence-electron chi connectivity index (χ2n) is 7.31. The quantitative estimate of drug-likeness (QED) is 0.608. The lowest BCUT2D eigenvalue weighted by molar-refractivity contribution is 0.0503. The maximum atomic E-state index is 12.9. The van der Waals surface area contributed by atoms with Crippen LogP contribution in [0.3, 0.4) is 0 Å². The third-order valence-corrected chi connectivity index (χ3v) is 5.63. The molecule has 28 heavy (non-hydrogen) atoms. The van der Waals surface area contributed by atoms with E-state index in [4.69, 9.17) is 20.8 Å². The number of rotatable bonds is 3. The number of hydrogen-bond acceptors (Lipinski definition) is 4. The zero-order chi connectivity index (χ0) is 20.1. The van der Waals surface area contributed by atoms with Gasteiger partial charge in [-0.25, -0.2) is 0 Å². The Balaban J connectivity index is 1.78. The summed E-state index contributed by atoms with van der Waals surface area (Å²) in [5.41, 5.74) is 1.56. The first kappa shape index (κ1) is 18.6. The van der Waals surface area contributed by atoms with Crippen LogP contribution in [0, 0.1) is 6.92 Å².